The number of amides is 1. The second kappa shape index (κ2) is 6.07. The molecule has 0 radical (unpaired) electrons. The fraction of sp³-hybridized carbons (Fsp3) is 0.250. The number of nitrogens with one attached hydrogen (secondary N) is 1. The Hall–Kier alpha value is -2.25. The number of aldehydes is 1. The molecular weight excluding hydrogens is 252 g/mol. The number of carbonyl (C=O) groups is 3. The van der Waals surface area contributed by atoms with Crippen LogP contribution in [-0.4, -0.2) is 40.6 Å². The zero-order valence-corrected chi connectivity index (χ0v) is 9.95. The predicted molar refractivity (Wildman–Crippen MR) is 65.0 cm³/mol. The van der Waals surface area contributed by atoms with Crippen LogP contribution in [0, 0.1) is 0 Å². The van der Waals surface area contributed by atoms with Crippen molar-refractivity contribution < 1.29 is 24.6 Å². The van der Waals surface area contributed by atoms with Crippen LogP contribution in [0.4, 0.5) is 0 Å². The summed E-state index contributed by atoms with van der Waals surface area (Å²) >= 11 is 0. The molecule has 7 heteroatoms. The second-order valence-corrected chi connectivity index (χ2v) is 3.85. The van der Waals surface area contributed by atoms with Gasteiger partial charge in [-0.15, -0.1) is 0 Å². The molecule has 5 N–H and O–H groups in total. The molecule has 0 saturated heterocycles. The van der Waals surface area contributed by atoms with E-state index in [0.29, 0.717) is 0 Å². The number of rotatable bonds is 6. The molecule has 1 aromatic rings. The van der Waals surface area contributed by atoms with Gasteiger partial charge in [0.2, 0.25) is 5.91 Å². The summed E-state index contributed by atoms with van der Waals surface area (Å²) in [5.74, 6) is -4.07. The highest BCUT2D eigenvalue weighted by Gasteiger charge is 2.46. The van der Waals surface area contributed by atoms with Crippen molar-refractivity contribution in [1.82, 2.24) is 5.32 Å². The average molecular weight is 266 g/mol. The van der Waals surface area contributed by atoms with Gasteiger partial charge in [-0.3, -0.25) is 4.79 Å². The molecule has 0 aromatic heterocycles. The number of carboxylic acids is 1. The van der Waals surface area contributed by atoms with E-state index in [9.17, 15) is 19.5 Å². The van der Waals surface area contributed by atoms with Crippen LogP contribution >= 0.6 is 0 Å². The minimum absolute atomic E-state index is 0.264. The first kappa shape index (κ1) is 14.8. The van der Waals surface area contributed by atoms with Crippen LogP contribution in [0.1, 0.15) is 11.5 Å². The Morgan fingerprint density at radius 3 is 2.37 bits per heavy atom. The molecule has 1 amide bonds. The van der Waals surface area contributed by atoms with E-state index < -0.39 is 30.1 Å². The number of carbonyl (C=O) groups excluding carboxylic acids is 2. The Bertz CT molecular complexity index is 476. The van der Waals surface area contributed by atoms with E-state index in [4.69, 9.17) is 10.8 Å². The molecule has 0 saturated carbocycles. The lowest BCUT2D eigenvalue weighted by Crippen LogP contribution is -2.60. The van der Waals surface area contributed by atoms with Gasteiger partial charge in [-0.05, 0) is 5.56 Å². The number of nitrogens with two attached hydrogens (primary N) is 1. The molecule has 1 rings (SSSR count). The maximum atomic E-state index is 11.2. The van der Waals surface area contributed by atoms with Crippen molar-refractivity contribution in [3.63, 3.8) is 0 Å². The molecule has 0 heterocycles. The van der Waals surface area contributed by atoms with Gasteiger partial charge in [0.25, 0.3) is 5.72 Å². The molecule has 102 valence electrons. The van der Waals surface area contributed by atoms with Crippen molar-refractivity contribution in [3.8, 4) is 0 Å². The van der Waals surface area contributed by atoms with Gasteiger partial charge in [-0.1, -0.05) is 30.3 Å². The molecule has 0 fully saturated rings. The molecule has 2 unspecified atom stereocenters. The third kappa shape index (κ3) is 3.15. The van der Waals surface area contributed by atoms with E-state index in [-0.39, 0.29) is 11.8 Å². The zero-order chi connectivity index (χ0) is 14.5. The highest BCUT2D eigenvalue weighted by molar-refractivity contribution is 5.90. The van der Waals surface area contributed by atoms with E-state index in [2.05, 4.69) is 0 Å². The van der Waals surface area contributed by atoms with Gasteiger partial charge in [0.1, 0.15) is 6.29 Å². The Morgan fingerprint density at radius 2 is 1.95 bits per heavy atom. The summed E-state index contributed by atoms with van der Waals surface area (Å²) in [6, 6.07) is 7.78. The molecule has 0 bridgehead atoms. The van der Waals surface area contributed by atoms with Crippen LogP contribution in [0.25, 0.3) is 0 Å². The van der Waals surface area contributed by atoms with Gasteiger partial charge >= 0.3 is 5.97 Å². The van der Waals surface area contributed by atoms with Crippen molar-refractivity contribution in [2.75, 3.05) is 6.54 Å². The zero-order valence-electron chi connectivity index (χ0n) is 9.95. The SMILES string of the molecule is NCC(=O)NC(O)(C(=O)O)C(C=O)c1ccccc1. The first-order valence-corrected chi connectivity index (χ1v) is 5.42. The monoisotopic (exact) mass is 266 g/mol. The fourth-order valence-electron chi connectivity index (χ4n) is 1.61. The topological polar surface area (TPSA) is 130 Å². The van der Waals surface area contributed by atoms with Crippen molar-refractivity contribution in [3.05, 3.63) is 35.9 Å². The summed E-state index contributed by atoms with van der Waals surface area (Å²) in [5, 5.41) is 21.0. The summed E-state index contributed by atoms with van der Waals surface area (Å²) in [4.78, 5) is 33.5. The number of aliphatic carboxylic acids is 1. The standard InChI is InChI=1S/C12H14N2O5/c13-6-10(16)14-12(19,11(17)18)9(7-15)8-4-2-1-3-5-8/h1-5,7,9,19H,6,13H2,(H,14,16)(H,17,18). The minimum Gasteiger partial charge on any atom is -0.478 e. The lowest BCUT2D eigenvalue weighted by Gasteiger charge is -2.29. The highest BCUT2D eigenvalue weighted by Crippen LogP contribution is 2.25. The van der Waals surface area contributed by atoms with Gasteiger partial charge in [0.05, 0.1) is 12.5 Å². The average Bonchev–Trinajstić information content (AvgIpc) is 2.40. The molecule has 19 heavy (non-hydrogen) atoms. The van der Waals surface area contributed by atoms with Crippen LogP contribution in [-0.2, 0) is 14.4 Å². The Labute approximate surface area is 109 Å². The quantitative estimate of drug-likeness (QED) is 0.378. The summed E-state index contributed by atoms with van der Waals surface area (Å²) in [5.41, 5.74) is 2.58. The van der Waals surface area contributed by atoms with E-state index in [1.165, 1.54) is 12.1 Å². The number of hydrogen-bond acceptors (Lipinski definition) is 5. The Balaban J connectivity index is 3.19. The summed E-state index contributed by atoms with van der Waals surface area (Å²) in [7, 11) is 0. The summed E-state index contributed by atoms with van der Waals surface area (Å²) in [6.07, 6.45) is 0.264. The normalized spacial score (nSPS) is 15.1. The van der Waals surface area contributed by atoms with Crippen molar-refractivity contribution >= 4 is 18.2 Å². The van der Waals surface area contributed by atoms with E-state index in [1.54, 1.807) is 18.2 Å². The highest BCUT2D eigenvalue weighted by atomic mass is 16.4. The third-order valence-corrected chi connectivity index (χ3v) is 2.59. The largest absolute Gasteiger partial charge is 0.478 e. The lowest BCUT2D eigenvalue weighted by atomic mass is 9.89. The maximum Gasteiger partial charge on any atom is 0.358 e. The van der Waals surface area contributed by atoms with E-state index in [1.807, 2.05) is 5.32 Å². The number of carboxylic acid groups (broad SMARTS) is 1. The van der Waals surface area contributed by atoms with Crippen LogP contribution in [0.2, 0.25) is 0 Å². The van der Waals surface area contributed by atoms with Crippen molar-refractivity contribution in [2.45, 2.75) is 11.6 Å². The van der Waals surface area contributed by atoms with Gasteiger partial charge in [-0.25, -0.2) is 4.79 Å². The molecule has 2 atom stereocenters. The smallest absolute Gasteiger partial charge is 0.358 e. The van der Waals surface area contributed by atoms with Gasteiger partial charge in [0.15, 0.2) is 0 Å². The molecular formula is C12H14N2O5. The molecule has 1 aromatic carbocycles. The predicted octanol–water partition coefficient (Wildman–Crippen LogP) is -1.18. The van der Waals surface area contributed by atoms with Crippen LogP contribution in [0.15, 0.2) is 30.3 Å². The van der Waals surface area contributed by atoms with Gasteiger partial charge < -0.3 is 26.1 Å². The van der Waals surface area contributed by atoms with Crippen LogP contribution in [0.5, 0.6) is 0 Å². The number of aliphatic hydroxyl groups is 1. The third-order valence-electron chi connectivity index (χ3n) is 2.59. The van der Waals surface area contributed by atoms with Crippen molar-refractivity contribution in [1.29, 1.82) is 0 Å². The first-order valence-electron chi connectivity index (χ1n) is 5.42. The Kier molecular flexibility index (Phi) is 4.74. The van der Waals surface area contributed by atoms with E-state index >= 15 is 0 Å². The molecule has 0 spiro atoms. The molecule has 0 aliphatic rings. The van der Waals surface area contributed by atoms with E-state index in [0.717, 1.165) is 0 Å². The van der Waals surface area contributed by atoms with Crippen molar-refractivity contribution in [2.24, 2.45) is 5.73 Å². The summed E-state index contributed by atoms with van der Waals surface area (Å²) in [6.45, 7) is -0.504. The van der Waals surface area contributed by atoms with Crippen LogP contribution < -0.4 is 11.1 Å². The molecule has 0 aliphatic carbocycles. The second-order valence-electron chi connectivity index (χ2n) is 3.85. The number of benzene rings is 1. The maximum absolute atomic E-state index is 11.2. The fourth-order valence-corrected chi connectivity index (χ4v) is 1.61. The van der Waals surface area contributed by atoms with Gasteiger partial charge in [-0.2, -0.15) is 0 Å². The van der Waals surface area contributed by atoms with Crippen LogP contribution in [0.3, 0.4) is 0 Å². The number of hydrogen-bond donors (Lipinski definition) is 4. The lowest BCUT2D eigenvalue weighted by molar-refractivity contribution is -0.169. The molecule has 0 aliphatic heterocycles. The minimum atomic E-state index is -2.74. The summed E-state index contributed by atoms with van der Waals surface area (Å²) < 4.78 is 0. The first-order chi connectivity index (χ1) is 8.95. The Morgan fingerprint density at radius 1 is 1.37 bits per heavy atom. The van der Waals surface area contributed by atoms with Gasteiger partial charge in [0, 0.05) is 0 Å². The molecule has 7 nitrogen and oxygen atoms in total.